The van der Waals surface area contributed by atoms with Crippen molar-refractivity contribution in [3.05, 3.63) is 90.0 Å². The van der Waals surface area contributed by atoms with Crippen molar-refractivity contribution in [3.8, 4) is 0 Å². The molecule has 0 saturated carbocycles. The molecule has 6 heteroatoms. The summed E-state index contributed by atoms with van der Waals surface area (Å²) in [7, 11) is 0. The molecule has 2 atom stereocenters. The molecule has 2 unspecified atom stereocenters. The van der Waals surface area contributed by atoms with Crippen molar-refractivity contribution in [2.45, 2.75) is 18.9 Å². The zero-order valence-corrected chi connectivity index (χ0v) is 18.0. The lowest BCUT2D eigenvalue weighted by atomic mass is 9.83. The Morgan fingerprint density at radius 3 is 2.59 bits per heavy atom. The quantitative estimate of drug-likeness (QED) is 0.674. The molecule has 2 aromatic carbocycles. The largest absolute Gasteiger partial charge is 0.365 e. The van der Waals surface area contributed by atoms with Crippen LogP contribution in [0.5, 0.6) is 0 Å². The maximum atomic E-state index is 14.5. The molecular formula is C26H27FN4O. The number of carbonyl (C=O) groups is 1. The minimum Gasteiger partial charge on any atom is -0.365 e. The number of anilines is 2. The summed E-state index contributed by atoms with van der Waals surface area (Å²) in [5.41, 5.74) is 3.98. The first-order valence-electron chi connectivity index (χ1n) is 11.2. The topological polar surface area (TPSA) is 48.5 Å². The number of para-hydroxylation sites is 2. The lowest BCUT2D eigenvalue weighted by Gasteiger charge is -2.49. The van der Waals surface area contributed by atoms with Crippen LogP contribution < -0.4 is 15.1 Å². The first kappa shape index (κ1) is 20.5. The Bertz CT molecular complexity index is 1090. The van der Waals surface area contributed by atoms with E-state index in [9.17, 15) is 9.18 Å². The molecule has 3 aromatic rings. The summed E-state index contributed by atoms with van der Waals surface area (Å²) < 4.78 is 14.5. The molecule has 0 aliphatic carbocycles. The van der Waals surface area contributed by atoms with Crippen LogP contribution in [0, 0.1) is 11.7 Å². The van der Waals surface area contributed by atoms with Gasteiger partial charge in [0.2, 0.25) is 5.91 Å². The van der Waals surface area contributed by atoms with Crippen LogP contribution in [-0.2, 0) is 17.6 Å². The predicted molar refractivity (Wildman–Crippen MR) is 124 cm³/mol. The molecule has 1 N–H and O–H groups in total. The first-order valence-corrected chi connectivity index (χ1v) is 11.2. The number of hydrogen-bond donors (Lipinski definition) is 1. The van der Waals surface area contributed by atoms with Crippen LogP contribution in [0.4, 0.5) is 15.8 Å². The Hall–Kier alpha value is -3.41. The van der Waals surface area contributed by atoms with E-state index in [1.807, 2.05) is 42.5 Å². The number of nitrogens with one attached hydrogen (secondary N) is 1. The van der Waals surface area contributed by atoms with Gasteiger partial charge in [-0.1, -0.05) is 36.4 Å². The lowest BCUT2D eigenvalue weighted by molar-refractivity contribution is -0.125. The van der Waals surface area contributed by atoms with Gasteiger partial charge in [0.15, 0.2) is 0 Å². The number of fused-ring (bicyclic) bond motifs is 3. The number of benzene rings is 2. The van der Waals surface area contributed by atoms with Crippen LogP contribution in [0.25, 0.3) is 0 Å². The molecule has 2 aliphatic rings. The SMILES string of the molecule is O=C(NCCc1ccccn1)C1Cc2ccccc2N2CCN(c3ccccc3F)CC12. The Balaban J connectivity index is 1.35. The average molecular weight is 431 g/mol. The van der Waals surface area contributed by atoms with Crippen molar-refractivity contribution >= 4 is 17.3 Å². The predicted octanol–water partition coefficient (Wildman–Crippen LogP) is 3.45. The summed E-state index contributed by atoms with van der Waals surface area (Å²) in [6, 6.07) is 21.0. The molecule has 5 nitrogen and oxygen atoms in total. The second-order valence-electron chi connectivity index (χ2n) is 8.46. The number of nitrogens with zero attached hydrogens (tertiary/aromatic N) is 3. The number of carbonyl (C=O) groups excluding carboxylic acids is 1. The number of halogens is 1. The fourth-order valence-corrected chi connectivity index (χ4v) is 4.98. The minimum atomic E-state index is -0.214. The fourth-order valence-electron chi connectivity index (χ4n) is 4.98. The van der Waals surface area contributed by atoms with Gasteiger partial charge in [-0.05, 0) is 42.3 Å². The van der Waals surface area contributed by atoms with Crippen LogP contribution >= 0.6 is 0 Å². The van der Waals surface area contributed by atoms with Crippen LogP contribution in [0.2, 0.25) is 0 Å². The van der Waals surface area contributed by atoms with E-state index < -0.39 is 0 Å². The van der Waals surface area contributed by atoms with Crippen molar-refractivity contribution in [2.75, 3.05) is 36.0 Å². The summed E-state index contributed by atoms with van der Waals surface area (Å²) in [5, 5.41) is 3.13. The van der Waals surface area contributed by atoms with Crippen LogP contribution in [-0.4, -0.2) is 43.1 Å². The van der Waals surface area contributed by atoms with E-state index in [0.29, 0.717) is 31.6 Å². The normalized spacial score (nSPS) is 19.8. The van der Waals surface area contributed by atoms with E-state index in [2.05, 4.69) is 32.2 Å². The van der Waals surface area contributed by atoms with Crippen molar-refractivity contribution in [1.82, 2.24) is 10.3 Å². The van der Waals surface area contributed by atoms with Crippen LogP contribution in [0.3, 0.4) is 0 Å². The second kappa shape index (κ2) is 8.99. The molecule has 164 valence electrons. The van der Waals surface area contributed by atoms with E-state index in [0.717, 1.165) is 18.8 Å². The summed E-state index contributed by atoms with van der Waals surface area (Å²) in [4.78, 5) is 22.1. The zero-order chi connectivity index (χ0) is 21.9. The highest BCUT2D eigenvalue weighted by Crippen LogP contribution is 2.37. The van der Waals surface area contributed by atoms with Gasteiger partial charge in [-0.2, -0.15) is 0 Å². The Labute approximate surface area is 187 Å². The molecule has 1 saturated heterocycles. The van der Waals surface area contributed by atoms with Gasteiger partial charge in [0.05, 0.1) is 17.6 Å². The van der Waals surface area contributed by atoms with Crippen LogP contribution in [0.1, 0.15) is 11.3 Å². The van der Waals surface area contributed by atoms with Gasteiger partial charge < -0.3 is 15.1 Å². The number of rotatable bonds is 5. The fraction of sp³-hybridized carbons (Fsp3) is 0.308. The average Bonchev–Trinajstić information content (AvgIpc) is 2.84. The van der Waals surface area contributed by atoms with Crippen molar-refractivity contribution in [3.63, 3.8) is 0 Å². The Morgan fingerprint density at radius 1 is 1.00 bits per heavy atom. The van der Waals surface area contributed by atoms with Crippen molar-refractivity contribution in [1.29, 1.82) is 0 Å². The van der Waals surface area contributed by atoms with Crippen molar-refractivity contribution in [2.24, 2.45) is 5.92 Å². The molecule has 2 aliphatic heterocycles. The molecule has 5 rings (SSSR count). The number of amides is 1. The molecule has 1 aromatic heterocycles. The van der Waals surface area contributed by atoms with Gasteiger partial charge >= 0.3 is 0 Å². The summed E-state index contributed by atoms with van der Waals surface area (Å²) >= 11 is 0. The van der Waals surface area contributed by atoms with E-state index in [4.69, 9.17) is 0 Å². The van der Waals surface area contributed by atoms with E-state index in [1.54, 1.807) is 12.3 Å². The molecular weight excluding hydrogens is 403 g/mol. The monoisotopic (exact) mass is 430 g/mol. The van der Waals surface area contributed by atoms with Gasteiger partial charge in [-0.3, -0.25) is 9.78 Å². The van der Waals surface area contributed by atoms with E-state index in [1.165, 1.54) is 17.3 Å². The van der Waals surface area contributed by atoms with Gasteiger partial charge in [-0.15, -0.1) is 0 Å². The third-order valence-corrected chi connectivity index (χ3v) is 6.56. The number of hydrogen-bond acceptors (Lipinski definition) is 4. The van der Waals surface area contributed by atoms with E-state index in [-0.39, 0.29) is 23.7 Å². The van der Waals surface area contributed by atoms with Gasteiger partial charge in [-0.25, -0.2) is 4.39 Å². The third kappa shape index (κ3) is 4.05. The molecule has 0 radical (unpaired) electrons. The maximum absolute atomic E-state index is 14.5. The first-order chi connectivity index (χ1) is 15.7. The molecule has 3 heterocycles. The third-order valence-electron chi connectivity index (χ3n) is 6.56. The number of pyridine rings is 1. The Kier molecular flexibility index (Phi) is 5.75. The summed E-state index contributed by atoms with van der Waals surface area (Å²) in [5.74, 6) is -0.349. The molecule has 0 bridgehead atoms. The number of aromatic nitrogens is 1. The van der Waals surface area contributed by atoms with E-state index >= 15 is 0 Å². The highest BCUT2D eigenvalue weighted by atomic mass is 19.1. The molecule has 0 spiro atoms. The standard InChI is InChI=1S/C26H27FN4O/c27-22-9-2-4-11-24(22)30-15-16-31-23-10-3-1-7-19(23)17-21(25(31)18-30)26(32)29-14-12-20-8-5-6-13-28-20/h1-11,13,21,25H,12,14-18H2,(H,29,32). The minimum absolute atomic E-state index is 0.00638. The second-order valence-corrected chi connectivity index (χ2v) is 8.46. The highest BCUT2D eigenvalue weighted by Gasteiger charge is 2.41. The van der Waals surface area contributed by atoms with Crippen molar-refractivity contribution < 1.29 is 9.18 Å². The smallest absolute Gasteiger partial charge is 0.225 e. The molecule has 1 fully saturated rings. The lowest BCUT2D eigenvalue weighted by Crippen LogP contribution is -2.61. The van der Waals surface area contributed by atoms with Gasteiger partial charge in [0, 0.05) is 50.2 Å². The molecule has 32 heavy (non-hydrogen) atoms. The van der Waals surface area contributed by atoms with Crippen LogP contribution in [0.15, 0.2) is 72.9 Å². The highest BCUT2D eigenvalue weighted by molar-refractivity contribution is 5.82. The summed E-state index contributed by atoms with van der Waals surface area (Å²) in [6.45, 7) is 2.65. The van der Waals surface area contributed by atoms with Gasteiger partial charge in [0.1, 0.15) is 5.82 Å². The van der Waals surface area contributed by atoms with Gasteiger partial charge in [0.25, 0.3) is 0 Å². The zero-order valence-electron chi connectivity index (χ0n) is 18.0. The Morgan fingerprint density at radius 2 is 1.78 bits per heavy atom. The maximum Gasteiger partial charge on any atom is 0.225 e. The summed E-state index contributed by atoms with van der Waals surface area (Å²) in [6.07, 6.45) is 3.16. The molecule has 1 amide bonds. The number of piperazine rings is 1.